The molecule has 3 heterocycles. The standard InChI is InChI=1S/C20H24N4O3/c1-14-10-17(4-7-21-14)24-8-5-15(6-9-24)12-22-20(25)23-16-2-3-18-19(11-16)27-13-26-18/h2-4,7,10-11,15H,5-6,8-9,12-13H2,1H3,(H2,22,23,25). The van der Waals surface area contributed by atoms with Crippen LogP contribution in [0.1, 0.15) is 18.5 Å². The number of nitrogens with one attached hydrogen (secondary N) is 2. The van der Waals surface area contributed by atoms with Crippen LogP contribution in [0.3, 0.4) is 0 Å². The second-order valence-corrected chi connectivity index (χ2v) is 6.99. The van der Waals surface area contributed by atoms with E-state index in [1.165, 1.54) is 5.69 Å². The summed E-state index contributed by atoms with van der Waals surface area (Å²) in [6.45, 7) is 4.92. The lowest BCUT2D eigenvalue weighted by Crippen LogP contribution is -2.39. The SMILES string of the molecule is Cc1cc(N2CCC(CNC(=O)Nc3ccc4c(c3)OCO4)CC2)ccn1. The molecule has 0 atom stereocenters. The average Bonchev–Trinajstić information content (AvgIpc) is 3.15. The molecule has 2 N–H and O–H groups in total. The van der Waals surface area contributed by atoms with Crippen molar-refractivity contribution in [3.63, 3.8) is 0 Å². The molecule has 2 aliphatic rings. The number of ether oxygens (including phenoxy) is 2. The lowest BCUT2D eigenvalue weighted by molar-refractivity contribution is 0.174. The van der Waals surface area contributed by atoms with Crippen molar-refractivity contribution in [3.8, 4) is 11.5 Å². The van der Waals surface area contributed by atoms with Crippen LogP contribution in [-0.2, 0) is 0 Å². The number of nitrogens with zero attached hydrogens (tertiary/aromatic N) is 2. The number of urea groups is 1. The van der Waals surface area contributed by atoms with Crippen LogP contribution in [0.4, 0.5) is 16.2 Å². The Kier molecular flexibility index (Phi) is 5.00. The molecule has 0 unspecified atom stereocenters. The van der Waals surface area contributed by atoms with Crippen LogP contribution in [-0.4, -0.2) is 37.4 Å². The van der Waals surface area contributed by atoms with Gasteiger partial charge in [0.25, 0.3) is 0 Å². The summed E-state index contributed by atoms with van der Waals surface area (Å²) in [6.07, 6.45) is 3.98. The van der Waals surface area contributed by atoms with Crippen LogP contribution >= 0.6 is 0 Å². The third-order valence-corrected chi connectivity index (χ3v) is 5.04. The fraction of sp³-hybridized carbons (Fsp3) is 0.400. The lowest BCUT2D eigenvalue weighted by atomic mass is 9.96. The van der Waals surface area contributed by atoms with Crippen LogP contribution in [0.15, 0.2) is 36.5 Å². The Morgan fingerprint density at radius 3 is 2.81 bits per heavy atom. The summed E-state index contributed by atoms with van der Waals surface area (Å²) in [5.41, 5.74) is 2.96. The average molecular weight is 368 g/mol. The normalized spacial score (nSPS) is 16.3. The molecule has 7 heteroatoms. The molecule has 4 rings (SSSR count). The van der Waals surface area contributed by atoms with Gasteiger partial charge in [-0.2, -0.15) is 0 Å². The monoisotopic (exact) mass is 368 g/mol. The third kappa shape index (κ3) is 4.24. The Labute approximate surface area is 158 Å². The van der Waals surface area contributed by atoms with Gasteiger partial charge < -0.3 is 25.0 Å². The van der Waals surface area contributed by atoms with Crippen molar-refractivity contribution in [3.05, 3.63) is 42.2 Å². The minimum atomic E-state index is -0.193. The predicted molar refractivity (Wildman–Crippen MR) is 103 cm³/mol. The summed E-state index contributed by atoms with van der Waals surface area (Å²) in [7, 11) is 0. The van der Waals surface area contributed by atoms with Gasteiger partial charge in [-0.25, -0.2) is 4.79 Å². The van der Waals surface area contributed by atoms with Gasteiger partial charge in [-0.1, -0.05) is 0 Å². The van der Waals surface area contributed by atoms with E-state index in [1.807, 2.05) is 19.2 Å². The van der Waals surface area contributed by atoms with Gasteiger partial charge in [0.1, 0.15) is 0 Å². The van der Waals surface area contributed by atoms with Crippen molar-refractivity contribution in [2.75, 3.05) is 36.6 Å². The molecule has 1 saturated heterocycles. The molecular weight excluding hydrogens is 344 g/mol. The molecular formula is C20H24N4O3. The summed E-state index contributed by atoms with van der Waals surface area (Å²) in [4.78, 5) is 18.8. The number of hydrogen-bond donors (Lipinski definition) is 2. The first kappa shape index (κ1) is 17.5. The number of hydrogen-bond acceptors (Lipinski definition) is 5. The first-order valence-corrected chi connectivity index (χ1v) is 9.29. The number of benzene rings is 1. The number of pyridine rings is 1. The lowest BCUT2D eigenvalue weighted by Gasteiger charge is -2.33. The van der Waals surface area contributed by atoms with Crippen molar-refractivity contribution in [2.45, 2.75) is 19.8 Å². The van der Waals surface area contributed by atoms with Crippen LogP contribution in [0.25, 0.3) is 0 Å². The molecule has 0 spiro atoms. The number of rotatable bonds is 4. The van der Waals surface area contributed by atoms with E-state index in [9.17, 15) is 4.79 Å². The van der Waals surface area contributed by atoms with Crippen LogP contribution in [0.2, 0.25) is 0 Å². The molecule has 2 aliphatic heterocycles. The van der Waals surface area contributed by atoms with Crippen molar-refractivity contribution < 1.29 is 14.3 Å². The highest BCUT2D eigenvalue weighted by Gasteiger charge is 2.20. The predicted octanol–water partition coefficient (Wildman–Crippen LogP) is 3.16. The highest BCUT2D eigenvalue weighted by Crippen LogP contribution is 2.34. The molecule has 2 amide bonds. The van der Waals surface area contributed by atoms with Gasteiger partial charge in [0.2, 0.25) is 6.79 Å². The summed E-state index contributed by atoms with van der Waals surface area (Å²) in [5, 5.41) is 5.83. The molecule has 1 aromatic heterocycles. The molecule has 142 valence electrons. The van der Waals surface area contributed by atoms with Gasteiger partial charge in [0.05, 0.1) is 0 Å². The quantitative estimate of drug-likeness (QED) is 0.867. The number of anilines is 2. The zero-order valence-electron chi connectivity index (χ0n) is 15.4. The molecule has 1 aromatic carbocycles. The molecule has 0 bridgehead atoms. The number of aromatic nitrogens is 1. The van der Waals surface area contributed by atoms with Gasteiger partial charge in [0, 0.05) is 49.0 Å². The summed E-state index contributed by atoms with van der Waals surface area (Å²) < 4.78 is 10.6. The van der Waals surface area contributed by atoms with Gasteiger partial charge in [0.15, 0.2) is 11.5 Å². The van der Waals surface area contributed by atoms with Crippen molar-refractivity contribution >= 4 is 17.4 Å². The summed E-state index contributed by atoms with van der Waals surface area (Å²) in [6, 6.07) is 9.37. The zero-order chi connectivity index (χ0) is 18.6. The highest BCUT2D eigenvalue weighted by atomic mass is 16.7. The van der Waals surface area contributed by atoms with E-state index in [4.69, 9.17) is 9.47 Å². The Hall–Kier alpha value is -2.96. The molecule has 2 aromatic rings. The zero-order valence-corrected chi connectivity index (χ0v) is 15.4. The number of piperidine rings is 1. The van der Waals surface area contributed by atoms with E-state index in [1.54, 1.807) is 12.1 Å². The topological polar surface area (TPSA) is 75.7 Å². The molecule has 27 heavy (non-hydrogen) atoms. The Bertz CT molecular complexity index is 819. The first-order chi connectivity index (χ1) is 13.2. The Balaban J connectivity index is 1.22. The molecule has 0 radical (unpaired) electrons. The van der Waals surface area contributed by atoms with Crippen LogP contribution in [0.5, 0.6) is 11.5 Å². The summed E-state index contributed by atoms with van der Waals surface area (Å²) in [5.74, 6) is 1.86. The Morgan fingerprint density at radius 1 is 1.19 bits per heavy atom. The number of carbonyl (C=O) groups is 1. The fourth-order valence-corrected chi connectivity index (χ4v) is 3.51. The molecule has 7 nitrogen and oxygen atoms in total. The minimum absolute atomic E-state index is 0.193. The van der Waals surface area contributed by atoms with Gasteiger partial charge in [-0.3, -0.25) is 4.98 Å². The van der Waals surface area contributed by atoms with Gasteiger partial charge >= 0.3 is 6.03 Å². The van der Waals surface area contributed by atoms with Gasteiger partial charge in [-0.15, -0.1) is 0 Å². The maximum Gasteiger partial charge on any atom is 0.319 e. The second kappa shape index (κ2) is 7.73. The number of aryl methyl sites for hydroxylation is 1. The largest absolute Gasteiger partial charge is 0.454 e. The van der Waals surface area contributed by atoms with E-state index in [0.29, 0.717) is 29.6 Å². The third-order valence-electron chi connectivity index (χ3n) is 5.04. The van der Waals surface area contributed by atoms with E-state index in [-0.39, 0.29) is 12.8 Å². The van der Waals surface area contributed by atoms with E-state index in [2.05, 4.69) is 32.7 Å². The number of fused-ring (bicyclic) bond motifs is 1. The molecule has 0 aliphatic carbocycles. The maximum atomic E-state index is 12.2. The van der Waals surface area contributed by atoms with Crippen LogP contribution in [0, 0.1) is 12.8 Å². The smallest absolute Gasteiger partial charge is 0.319 e. The second-order valence-electron chi connectivity index (χ2n) is 6.99. The fourth-order valence-electron chi connectivity index (χ4n) is 3.51. The number of amides is 2. The van der Waals surface area contributed by atoms with Crippen molar-refractivity contribution in [2.24, 2.45) is 5.92 Å². The van der Waals surface area contributed by atoms with E-state index in [0.717, 1.165) is 31.6 Å². The first-order valence-electron chi connectivity index (χ1n) is 9.29. The van der Waals surface area contributed by atoms with Gasteiger partial charge in [-0.05, 0) is 49.9 Å². The van der Waals surface area contributed by atoms with Crippen LogP contribution < -0.4 is 25.0 Å². The van der Waals surface area contributed by atoms with E-state index >= 15 is 0 Å². The number of carbonyl (C=O) groups excluding carboxylic acids is 1. The molecule has 0 saturated carbocycles. The van der Waals surface area contributed by atoms with E-state index < -0.39 is 0 Å². The maximum absolute atomic E-state index is 12.2. The molecule has 1 fully saturated rings. The van der Waals surface area contributed by atoms with Crippen molar-refractivity contribution in [1.29, 1.82) is 0 Å². The Morgan fingerprint density at radius 2 is 2.00 bits per heavy atom. The minimum Gasteiger partial charge on any atom is -0.454 e. The summed E-state index contributed by atoms with van der Waals surface area (Å²) >= 11 is 0. The highest BCUT2D eigenvalue weighted by molar-refractivity contribution is 5.89. The van der Waals surface area contributed by atoms with Crippen molar-refractivity contribution in [1.82, 2.24) is 10.3 Å².